The lowest BCUT2D eigenvalue weighted by atomic mass is 10.1. The Hall–Kier alpha value is -2.50. The summed E-state index contributed by atoms with van der Waals surface area (Å²) in [4.78, 5) is 22.1. The van der Waals surface area contributed by atoms with E-state index in [0.29, 0.717) is 6.42 Å². The van der Waals surface area contributed by atoms with E-state index in [-0.39, 0.29) is 5.91 Å². The second-order valence-corrected chi connectivity index (χ2v) is 9.18. The van der Waals surface area contributed by atoms with Gasteiger partial charge in [0, 0.05) is 31.4 Å². The van der Waals surface area contributed by atoms with Crippen LogP contribution in [0.5, 0.6) is 0 Å². The fourth-order valence-corrected chi connectivity index (χ4v) is 4.97. The summed E-state index contributed by atoms with van der Waals surface area (Å²) < 4.78 is 0. The fourth-order valence-electron chi connectivity index (χ4n) is 4.14. The lowest BCUT2D eigenvalue weighted by Gasteiger charge is -2.22. The molecule has 0 saturated carbocycles. The smallest absolute Gasteiger partial charge is 0.228 e. The van der Waals surface area contributed by atoms with Crippen LogP contribution in [0.4, 0.5) is 0 Å². The number of aryl methyl sites for hydroxylation is 1. The first kappa shape index (κ1) is 21.7. The van der Waals surface area contributed by atoms with Crippen molar-refractivity contribution in [3.63, 3.8) is 0 Å². The van der Waals surface area contributed by atoms with Gasteiger partial charge in [0.25, 0.3) is 0 Å². The molecule has 4 nitrogen and oxygen atoms in total. The first-order chi connectivity index (χ1) is 15.3. The lowest BCUT2D eigenvalue weighted by Crippen LogP contribution is -2.36. The predicted molar refractivity (Wildman–Crippen MR) is 127 cm³/mol. The van der Waals surface area contributed by atoms with Crippen LogP contribution in [0, 0.1) is 0 Å². The Morgan fingerprint density at radius 3 is 2.42 bits per heavy atom. The van der Waals surface area contributed by atoms with Crippen molar-refractivity contribution in [3.8, 4) is 0 Å². The highest BCUT2D eigenvalue weighted by atomic mass is 32.1. The fraction of sp³-hybridized carbons (Fsp3) is 0.385. The molecule has 1 amide bonds. The van der Waals surface area contributed by atoms with Crippen LogP contribution in [0.1, 0.15) is 34.7 Å². The van der Waals surface area contributed by atoms with Crippen LogP contribution in [-0.2, 0) is 24.1 Å². The first-order valence-corrected chi connectivity index (χ1v) is 12.2. The minimum absolute atomic E-state index is 0.211. The Labute approximate surface area is 189 Å². The molecule has 162 valence electrons. The van der Waals surface area contributed by atoms with Crippen molar-refractivity contribution in [1.82, 2.24) is 14.8 Å². The minimum Gasteiger partial charge on any atom is -0.341 e. The number of hydrogen-bond donors (Lipinski definition) is 0. The molecule has 0 atom stereocenters. The molecule has 0 bridgehead atoms. The first-order valence-electron chi connectivity index (χ1n) is 11.3. The van der Waals surface area contributed by atoms with Gasteiger partial charge in [-0.2, -0.15) is 0 Å². The number of carbonyl (C=O) groups excluding carboxylic acids is 1. The Morgan fingerprint density at radius 2 is 1.65 bits per heavy atom. The average Bonchev–Trinajstić information content (AvgIpc) is 3.09. The molecule has 0 spiro atoms. The maximum atomic E-state index is 12.9. The van der Waals surface area contributed by atoms with Crippen LogP contribution in [0.3, 0.4) is 0 Å². The monoisotopic (exact) mass is 433 g/mol. The highest BCUT2D eigenvalue weighted by molar-refractivity contribution is 7.09. The molecule has 0 unspecified atom stereocenters. The van der Waals surface area contributed by atoms with Crippen molar-refractivity contribution >= 4 is 17.2 Å². The van der Waals surface area contributed by atoms with Gasteiger partial charge in [-0.3, -0.25) is 4.79 Å². The van der Waals surface area contributed by atoms with Crippen LogP contribution >= 0.6 is 11.3 Å². The van der Waals surface area contributed by atoms with Gasteiger partial charge in [-0.25, -0.2) is 4.98 Å². The van der Waals surface area contributed by atoms with Gasteiger partial charge in [-0.15, -0.1) is 11.3 Å². The van der Waals surface area contributed by atoms with Crippen molar-refractivity contribution < 1.29 is 4.79 Å². The molecule has 0 radical (unpaired) electrons. The van der Waals surface area contributed by atoms with Gasteiger partial charge < -0.3 is 9.80 Å². The molecular weight excluding hydrogens is 402 g/mol. The van der Waals surface area contributed by atoms with Crippen LogP contribution in [0.15, 0.2) is 66.0 Å². The zero-order valence-electron chi connectivity index (χ0n) is 18.1. The molecule has 2 aromatic carbocycles. The van der Waals surface area contributed by atoms with Crippen LogP contribution in [0.2, 0.25) is 0 Å². The number of amides is 1. The Morgan fingerprint density at radius 1 is 0.903 bits per heavy atom. The summed E-state index contributed by atoms with van der Waals surface area (Å²) in [6.45, 7) is 4.83. The molecular formula is C26H31N3OS. The van der Waals surface area contributed by atoms with Crippen molar-refractivity contribution in [2.75, 3.05) is 32.7 Å². The largest absolute Gasteiger partial charge is 0.341 e. The van der Waals surface area contributed by atoms with Gasteiger partial charge in [0.05, 0.1) is 17.1 Å². The number of hydrogen-bond acceptors (Lipinski definition) is 4. The number of aromatic nitrogens is 1. The predicted octanol–water partition coefficient (Wildman–Crippen LogP) is 4.44. The normalized spacial score (nSPS) is 15.0. The van der Waals surface area contributed by atoms with Gasteiger partial charge in [0.15, 0.2) is 0 Å². The number of nitrogens with zero attached hydrogens (tertiary/aromatic N) is 3. The maximum Gasteiger partial charge on any atom is 0.228 e. The van der Waals surface area contributed by atoms with Crippen molar-refractivity contribution in [2.45, 2.75) is 32.1 Å². The van der Waals surface area contributed by atoms with Crippen molar-refractivity contribution in [3.05, 3.63) is 87.9 Å². The Kier molecular flexibility index (Phi) is 7.86. The second-order valence-electron chi connectivity index (χ2n) is 8.24. The molecule has 1 saturated heterocycles. The molecule has 1 aliphatic rings. The highest BCUT2D eigenvalue weighted by Crippen LogP contribution is 2.16. The molecule has 1 aromatic heterocycles. The minimum atomic E-state index is 0.211. The molecule has 1 aliphatic heterocycles. The second kappa shape index (κ2) is 11.2. The zero-order valence-corrected chi connectivity index (χ0v) is 18.9. The van der Waals surface area contributed by atoms with E-state index in [1.807, 2.05) is 16.3 Å². The van der Waals surface area contributed by atoms with Crippen molar-refractivity contribution in [1.29, 1.82) is 0 Å². The van der Waals surface area contributed by atoms with E-state index >= 15 is 0 Å². The van der Waals surface area contributed by atoms with E-state index in [9.17, 15) is 4.79 Å². The molecule has 31 heavy (non-hydrogen) atoms. The zero-order chi connectivity index (χ0) is 21.3. The summed E-state index contributed by atoms with van der Waals surface area (Å²) in [5.41, 5.74) is 3.57. The van der Waals surface area contributed by atoms with Gasteiger partial charge in [-0.05, 0) is 43.5 Å². The quantitative estimate of drug-likeness (QED) is 0.527. The van der Waals surface area contributed by atoms with Gasteiger partial charge in [0.2, 0.25) is 5.91 Å². The third kappa shape index (κ3) is 6.74. The molecule has 4 rings (SSSR count). The topological polar surface area (TPSA) is 36.4 Å². The third-order valence-electron chi connectivity index (χ3n) is 5.85. The molecule has 1 fully saturated rings. The lowest BCUT2D eigenvalue weighted by molar-refractivity contribution is -0.130. The third-order valence-corrected chi connectivity index (χ3v) is 6.75. The summed E-state index contributed by atoms with van der Waals surface area (Å²) in [6.07, 6.45) is 4.59. The standard InChI is InChI=1S/C26H31N3OS/c30-26(20-24-21-31-25(27-24)19-23-11-5-2-6-12-23)29-16-8-15-28(17-18-29)14-7-13-22-9-3-1-4-10-22/h1-6,9-12,21H,7-8,13-20H2. The summed E-state index contributed by atoms with van der Waals surface area (Å²) in [5.74, 6) is 0.211. The summed E-state index contributed by atoms with van der Waals surface area (Å²) in [5, 5.41) is 3.12. The Bertz CT molecular complexity index is 942. The van der Waals surface area contributed by atoms with Gasteiger partial charge in [-0.1, -0.05) is 60.7 Å². The number of benzene rings is 2. The SMILES string of the molecule is O=C(Cc1csc(Cc2ccccc2)n1)N1CCCN(CCCc2ccccc2)CC1. The van der Waals surface area contributed by atoms with E-state index in [1.54, 1.807) is 11.3 Å². The van der Waals surface area contributed by atoms with E-state index in [1.165, 1.54) is 17.5 Å². The van der Waals surface area contributed by atoms with Gasteiger partial charge in [0.1, 0.15) is 0 Å². The summed E-state index contributed by atoms with van der Waals surface area (Å²) in [6, 6.07) is 21.1. The van der Waals surface area contributed by atoms with Crippen molar-refractivity contribution in [2.24, 2.45) is 0 Å². The van der Waals surface area contributed by atoms with E-state index in [2.05, 4.69) is 59.5 Å². The van der Waals surface area contributed by atoms with E-state index in [4.69, 9.17) is 4.98 Å². The molecule has 0 N–H and O–H groups in total. The molecule has 2 heterocycles. The number of thiazole rings is 1. The van der Waals surface area contributed by atoms with Gasteiger partial charge >= 0.3 is 0 Å². The van der Waals surface area contributed by atoms with Crippen LogP contribution in [0.25, 0.3) is 0 Å². The van der Waals surface area contributed by atoms with Crippen LogP contribution in [-0.4, -0.2) is 53.4 Å². The molecule has 5 heteroatoms. The average molecular weight is 434 g/mol. The van der Waals surface area contributed by atoms with E-state index < -0.39 is 0 Å². The highest BCUT2D eigenvalue weighted by Gasteiger charge is 2.20. The summed E-state index contributed by atoms with van der Waals surface area (Å²) >= 11 is 1.65. The van der Waals surface area contributed by atoms with Crippen LogP contribution < -0.4 is 0 Å². The molecule has 3 aromatic rings. The number of rotatable bonds is 8. The van der Waals surface area contributed by atoms with E-state index in [0.717, 1.165) is 62.7 Å². The maximum absolute atomic E-state index is 12.9. The molecule has 0 aliphatic carbocycles. The number of carbonyl (C=O) groups is 1. The summed E-state index contributed by atoms with van der Waals surface area (Å²) in [7, 11) is 0. The Balaban J connectivity index is 1.21.